The topological polar surface area (TPSA) is 79.2 Å². The van der Waals surface area contributed by atoms with Crippen molar-refractivity contribution in [3.63, 3.8) is 0 Å². The maximum Gasteiger partial charge on any atom is 0.161 e. The first kappa shape index (κ1) is 13.2. The first-order valence-electron chi connectivity index (χ1n) is 6.48. The molecule has 2 fully saturated rings. The Hall–Kier alpha value is -0.200. The molecule has 1 heterocycles. The summed E-state index contributed by atoms with van der Waals surface area (Å²) in [5.74, 6) is 0. The Morgan fingerprint density at radius 3 is 2.47 bits per heavy atom. The highest BCUT2D eigenvalue weighted by atomic mass is 16.7. The van der Waals surface area contributed by atoms with Crippen molar-refractivity contribution in [1.29, 1.82) is 0 Å². The molecule has 0 spiro atoms. The van der Waals surface area contributed by atoms with Crippen molar-refractivity contribution in [2.75, 3.05) is 6.61 Å². The molecule has 17 heavy (non-hydrogen) atoms. The summed E-state index contributed by atoms with van der Waals surface area (Å²) in [5.41, 5.74) is 0. The van der Waals surface area contributed by atoms with Crippen LogP contribution in [0.25, 0.3) is 0 Å². The van der Waals surface area contributed by atoms with Gasteiger partial charge in [-0.2, -0.15) is 0 Å². The van der Waals surface area contributed by atoms with Crippen LogP contribution in [0, 0.1) is 0 Å². The number of hydrogen-bond donors (Lipinski definition) is 3. The quantitative estimate of drug-likeness (QED) is 0.661. The summed E-state index contributed by atoms with van der Waals surface area (Å²) in [6, 6.07) is 0. The van der Waals surface area contributed by atoms with Gasteiger partial charge in [0, 0.05) is 6.42 Å². The molecule has 3 N–H and O–H groups in total. The zero-order chi connectivity index (χ0) is 12.3. The molecule has 0 aromatic carbocycles. The first-order chi connectivity index (χ1) is 8.20. The summed E-state index contributed by atoms with van der Waals surface area (Å²) >= 11 is 0. The zero-order valence-electron chi connectivity index (χ0n) is 9.99. The second-order valence-electron chi connectivity index (χ2n) is 4.98. The van der Waals surface area contributed by atoms with E-state index in [2.05, 4.69) is 0 Å². The molecule has 0 unspecified atom stereocenters. The van der Waals surface area contributed by atoms with Gasteiger partial charge in [-0.3, -0.25) is 0 Å². The molecule has 5 heteroatoms. The van der Waals surface area contributed by atoms with Crippen LogP contribution >= 0.6 is 0 Å². The molecular formula is C12H22O5. The van der Waals surface area contributed by atoms with Gasteiger partial charge >= 0.3 is 0 Å². The monoisotopic (exact) mass is 246 g/mol. The van der Waals surface area contributed by atoms with Gasteiger partial charge in [-0.1, -0.05) is 19.3 Å². The molecule has 2 rings (SSSR count). The molecule has 0 aromatic heterocycles. The van der Waals surface area contributed by atoms with E-state index < -0.39 is 24.6 Å². The summed E-state index contributed by atoms with van der Waals surface area (Å²) in [5, 5.41) is 28.3. The lowest BCUT2D eigenvalue weighted by Gasteiger charge is -2.38. The van der Waals surface area contributed by atoms with Crippen LogP contribution in [0.5, 0.6) is 0 Å². The Bertz CT molecular complexity index is 229. The summed E-state index contributed by atoms with van der Waals surface area (Å²) in [7, 11) is 0. The molecule has 4 atom stereocenters. The average molecular weight is 246 g/mol. The van der Waals surface area contributed by atoms with Crippen LogP contribution < -0.4 is 0 Å². The van der Waals surface area contributed by atoms with E-state index >= 15 is 0 Å². The van der Waals surface area contributed by atoms with E-state index in [0.717, 1.165) is 12.8 Å². The Labute approximate surface area is 101 Å². The molecule has 5 nitrogen and oxygen atoms in total. The Balaban J connectivity index is 1.84. The van der Waals surface area contributed by atoms with Crippen LogP contribution in [0.1, 0.15) is 38.5 Å². The third-order valence-electron chi connectivity index (χ3n) is 3.61. The molecule has 0 aromatic rings. The molecule has 2 aliphatic rings. The Morgan fingerprint density at radius 1 is 1.12 bits per heavy atom. The Kier molecular flexibility index (Phi) is 4.76. The molecule has 100 valence electrons. The van der Waals surface area contributed by atoms with Gasteiger partial charge in [-0.15, -0.1) is 0 Å². The van der Waals surface area contributed by atoms with E-state index in [0.29, 0.717) is 0 Å². The highest BCUT2D eigenvalue weighted by molar-refractivity contribution is 4.83. The Morgan fingerprint density at radius 2 is 1.82 bits per heavy atom. The maximum absolute atomic E-state index is 9.66. The molecule has 1 saturated heterocycles. The van der Waals surface area contributed by atoms with Crippen LogP contribution in [-0.4, -0.2) is 52.6 Å². The summed E-state index contributed by atoms with van der Waals surface area (Å²) in [6.45, 7) is -0.303. The van der Waals surface area contributed by atoms with Crippen molar-refractivity contribution in [3.8, 4) is 0 Å². The summed E-state index contributed by atoms with van der Waals surface area (Å²) < 4.78 is 11.2. The largest absolute Gasteiger partial charge is 0.394 e. The molecule has 0 amide bonds. The predicted octanol–water partition coefficient (Wildman–Crippen LogP) is 0.165. The minimum Gasteiger partial charge on any atom is -0.394 e. The fourth-order valence-corrected chi connectivity index (χ4v) is 2.57. The second-order valence-corrected chi connectivity index (χ2v) is 4.98. The van der Waals surface area contributed by atoms with Crippen LogP contribution in [0.4, 0.5) is 0 Å². The SMILES string of the molecule is OC[C@H]1O[C@H](OC2CCCCC2)C[C@@H](O)[C@@H]1O. The van der Waals surface area contributed by atoms with Crippen molar-refractivity contribution in [2.24, 2.45) is 0 Å². The summed E-state index contributed by atoms with van der Waals surface area (Å²) in [4.78, 5) is 0. The van der Waals surface area contributed by atoms with E-state index in [1.165, 1.54) is 19.3 Å². The minimum absolute atomic E-state index is 0.190. The predicted molar refractivity (Wildman–Crippen MR) is 60.3 cm³/mol. The number of aliphatic hydroxyl groups is 3. The first-order valence-corrected chi connectivity index (χ1v) is 6.48. The van der Waals surface area contributed by atoms with E-state index in [-0.39, 0.29) is 19.1 Å². The lowest BCUT2D eigenvalue weighted by molar-refractivity contribution is -0.271. The fraction of sp³-hybridized carbons (Fsp3) is 1.00. The van der Waals surface area contributed by atoms with Gasteiger partial charge in [0.1, 0.15) is 12.2 Å². The lowest BCUT2D eigenvalue weighted by atomic mass is 9.97. The highest BCUT2D eigenvalue weighted by Crippen LogP contribution is 2.26. The number of rotatable bonds is 3. The van der Waals surface area contributed by atoms with Crippen molar-refractivity contribution < 1.29 is 24.8 Å². The number of aliphatic hydroxyl groups excluding tert-OH is 3. The van der Waals surface area contributed by atoms with Gasteiger partial charge in [-0.05, 0) is 12.8 Å². The van der Waals surface area contributed by atoms with Crippen molar-refractivity contribution in [1.82, 2.24) is 0 Å². The van der Waals surface area contributed by atoms with Gasteiger partial charge in [0.05, 0.1) is 18.8 Å². The third-order valence-corrected chi connectivity index (χ3v) is 3.61. The molecule has 0 bridgehead atoms. The van der Waals surface area contributed by atoms with E-state index in [4.69, 9.17) is 14.6 Å². The van der Waals surface area contributed by atoms with Crippen molar-refractivity contribution in [3.05, 3.63) is 0 Å². The van der Waals surface area contributed by atoms with Gasteiger partial charge in [0.25, 0.3) is 0 Å². The maximum atomic E-state index is 9.66. The number of hydrogen-bond acceptors (Lipinski definition) is 5. The van der Waals surface area contributed by atoms with Crippen molar-refractivity contribution in [2.45, 2.75) is 69.2 Å². The average Bonchev–Trinajstić information content (AvgIpc) is 2.35. The van der Waals surface area contributed by atoms with E-state index in [9.17, 15) is 10.2 Å². The number of ether oxygens (including phenoxy) is 2. The standard InChI is InChI=1S/C12H22O5/c13-7-10-12(15)9(14)6-11(17-10)16-8-4-2-1-3-5-8/h8-15H,1-7H2/t9-,10-,11+,12+/m1/s1. The van der Waals surface area contributed by atoms with Gasteiger partial charge in [-0.25, -0.2) is 0 Å². The molecular weight excluding hydrogens is 224 g/mol. The van der Waals surface area contributed by atoms with Gasteiger partial charge < -0.3 is 24.8 Å². The zero-order valence-corrected chi connectivity index (χ0v) is 9.99. The second kappa shape index (κ2) is 6.11. The smallest absolute Gasteiger partial charge is 0.161 e. The fourth-order valence-electron chi connectivity index (χ4n) is 2.57. The highest BCUT2D eigenvalue weighted by Gasteiger charge is 2.37. The van der Waals surface area contributed by atoms with Crippen LogP contribution in [0.2, 0.25) is 0 Å². The molecule has 1 aliphatic heterocycles. The van der Waals surface area contributed by atoms with Gasteiger partial charge in [0.15, 0.2) is 6.29 Å². The van der Waals surface area contributed by atoms with Gasteiger partial charge in [0.2, 0.25) is 0 Å². The van der Waals surface area contributed by atoms with Crippen LogP contribution in [0.15, 0.2) is 0 Å². The van der Waals surface area contributed by atoms with E-state index in [1.807, 2.05) is 0 Å². The molecule has 1 saturated carbocycles. The third kappa shape index (κ3) is 3.39. The summed E-state index contributed by atoms with van der Waals surface area (Å²) in [6.07, 6.45) is 2.97. The normalized spacial score (nSPS) is 40.4. The minimum atomic E-state index is -1.02. The lowest BCUT2D eigenvalue weighted by Crippen LogP contribution is -2.51. The molecule has 0 radical (unpaired) electrons. The van der Waals surface area contributed by atoms with Crippen LogP contribution in [0.3, 0.4) is 0 Å². The molecule has 1 aliphatic carbocycles. The van der Waals surface area contributed by atoms with Crippen molar-refractivity contribution >= 4 is 0 Å². The van der Waals surface area contributed by atoms with E-state index in [1.54, 1.807) is 0 Å². The van der Waals surface area contributed by atoms with Crippen LogP contribution in [-0.2, 0) is 9.47 Å².